The molecule has 0 radical (unpaired) electrons. The molecule has 236 valence electrons. The molecule has 5 rings (SSSR count). The van der Waals surface area contributed by atoms with Crippen molar-refractivity contribution in [2.75, 3.05) is 24.5 Å². The largest absolute Gasteiger partial charge is 0.478 e. The van der Waals surface area contributed by atoms with Crippen molar-refractivity contribution in [3.63, 3.8) is 0 Å². The first-order valence-electron chi connectivity index (χ1n) is 14.0. The van der Waals surface area contributed by atoms with Gasteiger partial charge in [0.15, 0.2) is 0 Å². The number of aromatic nitrogens is 3. The molecule has 1 atom stereocenters. The third kappa shape index (κ3) is 6.88. The molecule has 15 heteroatoms. The normalized spacial score (nSPS) is 16.1. The lowest BCUT2D eigenvalue weighted by atomic mass is 10.1. The maximum Gasteiger partial charge on any atom is 0.416 e. The van der Waals surface area contributed by atoms with Crippen LogP contribution in [0.1, 0.15) is 40.4 Å². The van der Waals surface area contributed by atoms with Crippen LogP contribution in [0.25, 0.3) is 11.0 Å². The van der Waals surface area contributed by atoms with E-state index in [2.05, 4.69) is 27.2 Å². The van der Waals surface area contributed by atoms with Gasteiger partial charge in [0.2, 0.25) is 15.9 Å². The molecule has 2 N–H and O–H groups in total. The van der Waals surface area contributed by atoms with Crippen molar-refractivity contribution in [1.29, 1.82) is 0 Å². The summed E-state index contributed by atoms with van der Waals surface area (Å²) < 4.78 is 67.8. The van der Waals surface area contributed by atoms with Crippen LogP contribution < -0.4 is 10.2 Å². The molecule has 0 unspecified atom stereocenters. The van der Waals surface area contributed by atoms with E-state index in [4.69, 9.17) is 0 Å². The Morgan fingerprint density at radius 3 is 2.33 bits per heavy atom. The molecule has 1 fully saturated rings. The third-order valence-electron chi connectivity index (χ3n) is 7.45. The van der Waals surface area contributed by atoms with Crippen molar-refractivity contribution in [3.05, 3.63) is 89.4 Å². The van der Waals surface area contributed by atoms with Crippen molar-refractivity contribution in [1.82, 2.24) is 24.6 Å². The van der Waals surface area contributed by atoms with Gasteiger partial charge in [-0.2, -0.15) is 17.5 Å². The van der Waals surface area contributed by atoms with Gasteiger partial charge in [0.25, 0.3) is 0 Å². The predicted octanol–water partition coefficient (Wildman–Crippen LogP) is 3.89. The lowest BCUT2D eigenvalue weighted by molar-refractivity contribution is -0.137. The summed E-state index contributed by atoms with van der Waals surface area (Å²) in [4.78, 5) is 39.2. The highest BCUT2D eigenvalue weighted by atomic mass is 32.2. The molecule has 0 bridgehead atoms. The molecule has 1 aliphatic rings. The smallest absolute Gasteiger partial charge is 0.416 e. The summed E-state index contributed by atoms with van der Waals surface area (Å²) in [7, 11) is -4.42. The number of nitrogens with one attached hydrogen (secondary N) is 1. The molecule has 1 saturated heterocycles. The number of hydrogen-bond donors (Lipinski definition) is 2. The average Bonchev–Trinajstić information content (AvgIpc) is 3.03. The Labute approximate surface area is 256 Å². The van der Waals surface area contributed by atoms with Gasteiger partial charge in [0, 0.05) is 32.4 Å². The van der Waals surface area contributed by atoms with E-state index in [9.17, 15) is 36.3 Å². The second kappa shape index (κ2) is 12.8. The fraction of sp³-hybridized carbons (Fsp3) is 0.300. The van der Waals surface area contributed by atoms with E-state index in [1.165, 1.54) is 12.4 Å². The van der Waals surface area contributed by atoms with Crippen LogP contribution in [0.5, 0.6) is 0 Å². The zero-order valence-electron chi connectivity index (χ0n) is 24.0. The predicted molar refractivity (Wildman–Crippen MR) is 158 cm³/mol. The summed E-state index contributed by atoms with van der Waals surface area (Å²) in [5, 5.41) is 12.4. The molecule has 0 spiro atoms. The van der Waals surface area contributed by atoms with E-state index in [-0.39, 0.29) is 48.6 Å². The summed E-state index contributed by atoms with van der Waals surface area (Å²) in [5.41, 5.74) is 1.07. The number of aromatic carboxylic acids is 1. The monoisotopic (exact) mass is 642 g/mol. The van der Waals surface area contributed by atoms with Gasteiger partial charge in [-0.15, -0.1) is 0 Å². The van der Waals surface area contributed by atoms with E-state index in [0.29, 0.717) is 12.1 Å². The van der Waals surface area contributed by atoms with E-state index in [1.807, 2.05) is 24.3 Å². The molecule has 2 aromatic heterocycles. The molecule has 0 saturated carbocycles. The minimum Gasteiger partial charge on any atom is -0.478 e. The molecule has 2 aromatic carbocycles. The topological polar surface area (TPSA) is 146 Å². The number of amides is 1. The number of carbonyl (C=O) groups excluding carboxylic acids is 1. The maximum atomic E-state index is 13.7. The van der Waals surface area contributed by atoms with Crippen LogP contribution in [0.3, 0.4) is 0 Å². The second-order valence-corrected chi connectivity index (χ2v) is 12.4. The minimum atomic E-state index is -4.65. The lowest BCUT2D eigenvalue weighted by Crippen LogP contribution is -2.60. The number of alkyl halides is 3. The Kier molecular flexibility index (Phi) is 9.02. The van der Waals surface area contributed by atoms with Crippen LogP contribution in [-0.2, 0) is 34.0 Å². The van der Waals surface area contributed by atoms with Crippen LogP contribution in [0.2, 0.25) is 0 Å². The summed E-state index contributed by atoms with van der Waals surface area (Å²) in [5.74, 6) is -1.67. The van der Waals surface area contributed by atoms with Gasteiger partial charge in [-0.25, -0.2) is 23.2 Å². The third-order valence-corrected chi connectivity index (χ3v) is 9.37. The van der Waals surface area contributed by atoms with Crippen molar-refractivity contribution in [2.45, 2.75) is 43.4 Å². The zero-order valence-corrected chi connectivity index (χ0v) is 24.8. The number of piperazine rings is 1. The fourth-order valence-electron chi connectivity index (χ4n) is 5.08. The highest BCUT2D eigenvalue weighted by molar-refractivity contribution is 7.89. The number of aryl methyl sites for hydroxylation is 1. The van der Waals surface area contributed by atoms with Crippen molar-refractivity contribution in [3.8, 4) is 0 Å². The number of rotatable bonds is 9. The first kappa shape index (κ1) is 31.8. The molecule has 1 amide bonds. The van der Waals surface area contributed by atoms with Gasteiger partial charge >= 0.3 is 12.1 Å². The Morgan fingerprint density at radius 1 is 1.00 bits per heavy atom. The van der Waals surface area contributed by atoms with Crippen LogP contribution in [0.4, 0.5) is 19.0 Å². The maximum absolute atomic E-state index is 13.7. The van der Waals surface area contributed by atoms with Gasteiger partial charge in [0.05, 0.1) is 22.9 Å². The number of hydrogen-bond acceptors (Lipinski definition) is 8. The number of nitrogens with zero attached hydrogens (tertiary/aromatic N) is 5. The molecule has 1 aliphatic heterocycles. The van der Waals surface area contributed by atoms with Gasteiger partial charge in [-0.05, 0) is 41.8 Å². The van der Waals surface area contributed by atoms with Crippen molar-refractivity contribution >= 4 is 38.8 Å². The molecule has 45 heavy (non-hydrogen) atoms. The number of halogens is 3. The van der Waals surface area contributed by atoms with Gasteiger partial charge in [-0.3, -0.25) is 9.78 Å². The van der Waals surface area contributed by atoms with Gasteiger partial charge in [0.1, 0.15) is 28.5 Å². The first-order chi connectivity index (χ1) is 21.4. The van der Waals surface area contributed by atoms with E-state index >= 15 is 0 Å². The van der Waals surface area contributed by atoms with E-state index in [1.54, 1.807) is 4.90 Å². The summed E-state index contributed by atoms with van der Waals surface area (Å²) in [6.07, 6.45) is 1.11. The van der Waals surface area contributed by atoms with Crippen molar-refractivity contribution < 1.29 is 36.3 Å². The zero-order chi connectivity index (χ0) is 32.4. The molecule has 3 heterocycles. The number of carboxylic acids is 1. The fourth-order valence-corrected chi connectivity index (χ4v) is 6.65. The highest BCUT2D eigenvalue weighted by Crippen LogP contribution is 2.31. The van der Waals surface area contributed by atoms with E-state index < -0.39 is 44.6 Å². The van der Waals surface area contributed by atoms with Crippen LogP contribution in [0.15, 0.2) is 72.0 Å². The minimum absolute atomic E-state index is 0.0379. The number of pyridine rings is 1. The summed E-state index contributed by atoms with van der Waals surface area (Å²) in [6, 6.07) is 9.44. The van der Waals surface area contributed by atoms with Crippen LogP contribution in [-0.4, -0.2) is 70.3 Å². The number of anilines is 1. The summed E-state index contributed by atoms with van der Waals surface area (Å²) in [6.45, 7) is 1.82. The van der Waals surface area contributed by atoms with Gasteiger partial charge in [-0.1, -0.05) is 37.6 Å². The molecule has 0 aliphatic carbocycles. The highest BCUT2D eigenvalue weighted by Gasteiger charge is 2.41. The molecule has 4 aromatic rings. The first-order valence-corrected chi connectivity index (χ1v) is 15.5. The standard InChI is InChI=1S/C30H29F3N6O5S/c1-2-3-19-4-6-20(7-5-19)14-36-28(40)25-18-38(26-17-35-24-16-34-15-23(29(41)42)27(24)37-26)12-13-39(25)45(43,44)22-10-8-21(9-11-22)30(31,32)33/h4-11,15-17,25H,2-3,12-14,18H2,1H3,(H,36,40)(H,41,42)/t25-/m1/s1. The molecular weight excluding hydrogens is 613 g/mol. The second-order valence-electron chi connectivity index (χ2n) is 10.5. The Morgan fingerprint density at radius 2 is 1.69 bits per heavy atom. The molecular formula is C30H29F3N6O5S. The Hall–Kier alpha value is -4.63. The SMILES string of the molecule is CCCc1ccc(CNC(=O)[C@H]2CN(c3cnc4cncc(C(=O)O)c4n3)CCN2S(=O)(=O)c2ccc(C(F)(F)F)cc2)cc1. The van der Waals surface area contributed by atoms with E-state index in [0.717, 1.165) is 46.6 Å². The lowest BCUT2D eigenvalue weighted by Gasteiger charge is -2.40. The Balaban J connectivity index is 1.45. The number of carboxylic acid groups (broad SMARTS) is 1. The quantitative estimate of drug-likeness (QED) is 0.278. The van der Waals surface area contributed by atoms with Crippen LogP contribution >= 0.6 is 0 Å². The van der Waals surface area contributed by atoms with Crippen molar-refractivity contribution in [2.24, 2.45) is 0 Å². The van der Waals surface area contributed by atoms with Gasteiger partial charge < -0.3 is 15.3 Å². The Bertz CT molecular complexity index is 1820. The number of benzene rings is 2. The number of sulfonamides is 1. The average molecular weight is 643 g/mol. The van der Waals surface area contributed by atoms with Crippen LogP contribution in [0, 0.1) is 0 Å². The number of carbonyl (C=O) groups is 2. The molecule has 11 nitrogen and oxygen atoms in total. The summed E-state index contributed by atoms with van der Waals surface area (Å²) >= 11 is 0. The number of fused-ring (bicyclic) bond motifs is 1.